The second-order valence-corrected chi connectivity index (χ2v) is 7.80. The molecule has 1 aliphatic rings. The van der Waals surface area contributed by atoms with Crippen molar-refractivity contribution in [3.8, 4) is 0 Å². The van der Waals surface area contributed by atoms with Crippen LogP contribution in [0.2, 0.25) is 0 Å². The van der Waals surface area contributed by atoms with Gasteiger partial charge in [0, 0.05) is 32.7 Å². The minimum Gasteiger partial charge on any atom is -0.338 e. The number of carbonyl (C=O) groups excluding carboxylic acids is 1. The summed E-state index contributed by atoms with van der Waals surface area (Å²) < 4.78 is 5.45. The van der Waals surface area contributed by atoms with E-state index in [9.17, 15) is 4.79 Å². The van der Waals surface area contributed by atoms with Crippen molar-refractivity contribution in [3.05, 3.63) is 11.7 Å². The van der Waals surface area contributed by atoms with Crippen molar-refractivity contribution in [1.82, 2.24) is 25.3 Å². The molecule has 7 nitrogen and oxygen atoms in total. The Hall–Kier alpha value is -1.63. The topological polar surface area (TPSA) is 74.5 Å². The molecule has 1 N–H and O–H groups in total. The molecular formula is C18H33N5O2. The highest BCUT2D eigenvalue weighted by Gasteiger charge is 2.32. The van der Waals surface area contributed by atoms with E-state index in [0.29, 0.717) is 36.6 Å². The van der Waals surface area contributed by atoms with Gasteiger partial charge in [-0.3, -0.25) is 4.90 Å². The highest BCUT2D eigenvalue weighted by Crippen LogP contribution is 2.25. The standard InChI is InChI=1S/C18H33N5O2/c1-13(2)7-8-19-18(24)23-10-6-9-22(11-14(3)4)16(12-23)17-20-15(5)21-25-17/h13-14,16H,6-12H2,1-5H3,(H,19,24). The van der Waals surface area contributed by atoms with Crippen LogP contribution in [0.4, 0.5) is 4.79 Å². The molecule has 2 amide bonds. The van der Waals surface area contributed by atoms with Crippen LogP contribution in [0.1, 0.15) is 58.3 Å². The van der Waals surface area contributed by atoms with Crippen molar-refractivity contribution in [3.63, 3.8) is 0 Å². The summed E-state index contributed by atoms with van der Waals surface area (Å²) in [6.45, 7) is 14.5. The van der Waals surface area contributed by atoms with Gasteiger partial charge < -0.3 is 14.7 Å². The average molecular weight is 351 g/mol. The number of hydrogen-bond donors (Lipinski definition) is 1. The van der Waals surface area contributed by atoms with E-state index in [0.717, 1.165) is 32.5 Å². The van der Waals surface area contributed by atoms with Gasteiger partial charge in [0.2, 0.25) is 5.89 Å². The summed E-state index contributed by atoms with van der Waals surface area (Å²) in [7, 11) is 0. The molecule has 1 unspecified atom stereocenters. The summed E-state index contributed by atoms with van der Waals surface area (Å²) in [4.78, 5) is 21.3. The molecule has 1 atom stereocenters. The Morgan fingerprint density at radius 2 is 2.04 bits per heavy atom. The first-order valence-corrected chi connectivity index (χ1v) is 9.43. The third-order valence-electron chi connectivity index (χ3n) is 4.42. The third kappa shape index (κ3) is 5.99. The summed E-state index contributed by atoms with van der Waals surface area (Å²) in [5.41, 5.74) is 0. The number of aryl methyl sites for hydroxylation is 1. The molecule has 0 aliphatic carbocycles. The van der Waals surface area contributed by atoms with Crippen molar-refractivity contribution < 1.29 is 9.32 Å². The Kier molecular flexibility index (Phi) is 7.23. The van der Waals surface area contributed by atoms with Crippen molar-refractivity contribution in [2.24, 2.45) is 11.8 Å². The van der Waals surface area contributed by atoms with Crippen molar-refractivity contribution in [1.29, 1.82) is 0 Å². The Labute approximate surface area is 151 Å². The fraction of sp³-hybridized carbons (Fsp3) is 0.833. The van der Waals surface area contributed by atoms with Crippen LogP contribution in [0.3, 0.4) is 0 Å². The van der Waals surface area contributed by atoms with Crippen LogP contribution in [0.25, 0.3) is 0 Å². The summed E-state index contributed by atoms with van der Waals surface area (Å²) in [5.74, 6) is 2.37. The Morgan fingerprint density at radius 3 is 2.64 bits per heavy atom. The van der Waals surface area contributed by atoms with E-state index in [4.69, 9.17) is 4.52 Å². The smallest absolute Gasteiger partial charge is 0.317 e. The lowest BCUT2D eigenvalue weighted by atomic mass is 10.1. The van der Waals surface area contributed by atoms with Crippen molar-refractivity contribution in [2.45, 2.75) is 53.5 Å². The second-order valence-electron chi connectivity index (χ2n) is 7.80. The molecule has 1 aromatic rings. The lowest BCUT2D eigenvalue weighted by Crippen LogP contribution is -2.44. The molecule has 142 valence electrons. The molecule has 0 radical (unpaired) electrons. The number of hydrogen-bond acceptors (Lipinski definition) is 5. The van der Waals surface area contributed by atoms with Crippen LogP contribution in [0.15, 0.2) is 4.52 Å². The van der Waals surface area contributed by atoms with Gasteiger partial charge in [0.1, 0.15) is 6.04 Å². The maximum absolute atomic E-state index is 12.6. The molecule has 1 aliphatic heterocycles. The number of aromatic nitrogens is 2. The van der Waals surface area contributed by atoms with Gasteiger partial charge in [0.05, 0.1) is 0 Å². The van der Waals surface area contributed by atoms with E-state index in [1.807, 2.05) is 11.8 Å². The molecule has 0 bridgehead atoms. The largest absolute Gasteiger partial charge is 0.338 e. The maximum Gasteiger partial charge on any atom is 0.317 e. The molecule has 0 saturated carbocycles. The lowest BCUT2D eigenvalue weighted by molar-refractivity contribution is 0.135. The normalized spacial score (nSPS) is 19.5. The van der Waals surface area contributed by atoms with E-state index in [2.05, 4.69) is 48.1 Å². The van der Waals surface area contributed by atoms with E-state index in [-0.39, 0.29) is 12.1 Å². The highest BCUT2D eigenvalue weighted by molar-refractivity contribution is 5.74. The van der Waals surface area contributed by atoms with Crippen LogP contribution in [-0.2, 0) is 0 Å². The summed E-state index contributed by atoms with van der Waals surface area (Å²) in [5, 5.41) is 6.99. The molecule has 1 fully saturated rings. The Balaban J connectivity index is 2.08. The number of rotatable bonds is 6. The average Bonchev–Trinajstić information content (AvgIpc) is 2.84. The molecule has 25 heavy (non-hydrogen) atoms. The molecule has 1 saturated heterocycles. The Morgan fingerprint density at radius 1 is 1.28 bits per heavy atom. The SMILES string of the molecule is Cc1noc(C2CN(C(=O)NCCC(C)C)CCCN2CC(C)C)n1. The second kappa shape index (κ2) is 9.17. The monoisotopic (exact) mass is 351 g/mol. The molecule has 0 spiro atoms. The summed E-state index contributed by atoms with van der Waals surface area (Å²) >= 11 is 0. The quantitative estimate of drug-likeness (QED) is 0.853. The van der Waals surface area contributed by atoms with Crippen LogP contribution in [0, 0.1) is 18.8 Å². The molecule has 2 heterocycles. The molecule has 2 rings (SSSR count). The Bertz CT molecular complexity index is 543. The first-order valence-electron chi connectivity index (χ1n) is 9.43. The molecule has 0 aromatic carbocycles. The number of carbonyl (C=O) groups is 1. The first-order chi connectivity index (χ1) is 11.9. The summed E-state index contributed by atoms with van der Waals surface area (Å²) in [6.07, 6.45) is 1.94. The molecule has 1 aromatic heterocycles. The highest BCUT2D eigenvalue weighted by atomic mass is 16.5. The summed E-state index contributed by atoms with van der Waals surface area (Å²) in [6, 6.07) is -0.0322. The van der Waals surface area contributed by atoms with E-state index >= 15 is 0 Å². The van der Waals surface area contributed by atoms with Crippen molar-refractivity contribution in [2.75, 3.05) is 32.7 Å². The number of nitrogens with one attached hydrogen (secondary N) is 1. The van der Waals surface area contributed by atoms with Crippen LogP contribution < -0.4 is 5.32 Å². The molecule has 7 heteroatoms. The first kappa shape index (κ1) is 19.7. The van der Waals surface area contributed by atoms with Gasteiger partial charge in [-0.1, -0.05) is 32.9 Å². The predicted octanol–water partition coefficient (Wildman–Crippen LogP) is 2.84. The maximum atomic E-state index is 12.6. The van der Waals surface area contributed by atoms with Gasteiger partial charge in [-0.25, -0.2) is 4.79 Å². The van der Waals surface area contributed by atoms with Crippen LogP contribution >= 0.6 is 0 Å². The van der Waals surface area contributed by atoms with E-state index < -0.39 is 0 Å². The van der Waals surface area contributed by atoms with Gasteiger partial charge in [-0.2, -0.15) is 4.98 Å². The van der Waals surface area contributed by atoms with E-state index in [1.165, 1.54) is 0 Å². The minimum absolute atomic E-state index is 0.00767. The predicted molar refractivity (Wildman–Crippen MR) is 97.2 cm³/mol. The minimum atomic E-state index is -0.0399. The van der Waals surface area contributed by atoms with Crippen molar-refractivity contribution >= 4 is 6.03 Å². The molecular weight excluding hydrogens is 318 g/mol. The fourth-order valence-corrected chi connectivity index (χ4v) is 3.17. The number of amides is 2. The van der Waals surface area contributed by atoms with Gasteiger partial charge in [-0.15, -0.1) is 0 Å². The van der Waals surface area contributed by atoms with Crippen LogP contribution in [0.5, 0.6) is 0 Å². The number of nitrogens with zero attached hydrogens (tertiary/aromatic N) is 4. The van der Waals surface area contributed by atoms with Gasteiger partial charge in [0.25, 0.3) is 0 Å². The van der Waals surface area contributed by atoms with Crippen LogP contribution in [-0.4, -0.2) is 58.7 Å². The number of urea groups is 1. The van der Waals surface area contributed by atoms with Gasteiger partial charge in [0.15, 0.2) is 5.82 Å². The van der Waals surface area contributed by atoms with Gasteiger partial charge in [-0.05, 0) is 31.6 Å². The lowest BCUT2D eigenvalue weighted by Gasteiger charge is -2.30. The van der Waals surface area contributed by atoms with Gasteiger partial charge >= 0.3 is 6.03 Å². The van der Waals surface area contributed by atoms with E-state index in [1.54, 1.807) is 0 Å². The third-order valence-corrected chi connectivity index (χ3v) is 4.42. The zero-order chi connectivity index (χ0) is 18.4. The zero-order valence-corrected chi connectivity index (χ0v) is 16.3. The fourth-order valence-electron chi connectivity index (χ4n) is 3.17. The zero-order valence-electron chi connectivity index (χ0n) is 16.3.